The predicted octanol–water partition coefficient (Wildman–Crippen LogP) is 2.37. The molecule has 0 aliphatic carbocycles. The van der Waals surface area contributed by atoms with E-state index in [-0.39, 0.29) is 0 Å². The summed E-state index contributed by atoms with van der Waals surface area (Å²) in [6, 6.07) is 3.81. The third-order valence-electron chi connectivity index (χ3n) is 2.28. The number of rotatable bonds is 2. The van der Waals surface area contributed by atoms with Crippen LogP contribution in [0.4, 0.5) is 4.79 Å². The van der Waals surface area contributed by atoms with Gasteiger partial charge in [-0.1, -0.05) is 12.6 Å². The third kappa shape index (κ3) is 7.20. The number of benzene rings is 1. The van der Waals surface area contributed by atoms with Crippen molar-refractivity contribution in [2.45, 2.75) is 20.5 Å². The Labute approximate surface area is 130 Å². The molecular weight excluding hydrogens is 296 g/mol. The highest BCUT2D eigenvalue weighted by atomic mass is 32.1. The number of carbonyl (C=O) groups is 1. The molecule has 0 aliphatic rings. The zero-order valence-electron chi connectivity index (χ0n) is 12.0. The van der Waals surface area contributed by atoms with E-state index in [1.807, 2.05) is 40.1 Å². The number of phenolic OH excluding ortho intramolecular Hbond substituents is 1. The van der Waals surface area contributed by atoms with Crippen LogP contribution in [0.15, 0.2) is 12.1 Å². The van der Waals surface area contributed by atoms with Gasteiger partial charge >= 0.3 is 0 Å². The second-order valence-corrected chi connectivity index (χ2v) is 5.16. The van der Waals surface area contributed by atoms with Crippen LogP contribution in [0, 0.1) is 13.8 Å². The lowest BCUT2D eigenvalue weighted by molar-refractivity contribution is 0.257. The maximum Gasteiger partial charge on any atom is 0.273 e. The Morgan fingerprint density at radius 3 is 2.15 bits per heavy atom. The van der Waals surface area contributed by atoms with E-state index in [9.17, 15) is 5.11 Å². The number of amides is 1. The lowest BCUT2D eigenvalue weighted by Crippen LogP contribution is -2.22. The first-order valence-corrected chi connectivity index (χ1v) is 6.62. The topological polar surface area (TPSA) is 75.8 Å². The number of carbonyl (C=O) groups excluding carboxylic acids is 1. The standard InChI is InChI=1S/C12H17NO2S.CH3NOS/c1-8-5-10(6-9(2)11(8)14)7-15-12(16)13(3)4;2-1(3)4/h5-6,14H,7H2,1-4H3;(H3,2,3,4). The van der Waals surface area contributed by atoms with Crippen molar-refractivity contribution in [3.8, 4) is 5.75 Å². The molecule has 0 unspecified atom stereocenters. The molecule has 5 nitrogen and oxygen atoms in total. The fourth-order valence-electron chi connectivity index (χ4n) is 1.40. The van der Waals surface area contributed by atoms with Crippen molar-refractivity contribution in [3.05, 3.63) is 28.8 Å². The van der Waals surface area contributed by atoms with Gasteiger partial charge in [0, 0.05) is 14.1 Å². The SMILES string of the molecule is Cc1cc(COC(=S)N(C)C)cc(C)c1O.NC(=O)S. The number of thiocarbonyl (C=S) groups is 1. The third-order valence-corrected chi connectivity index (χ3v) is 2.76. The Morgan fingerprint density at radius 2 is 1.80 bits per heavy atom. The summed E-state index contributed by atoms with van der Waals surface area (Å²) < 4.78 is 5.42. The Balaban J connectivity index is 0.000000796. The zero-order valence-corrected chi connectivity index (χ0v) is 13.7. The molecule has 0 atom stereocenters. The van der Waals surface area contributed by atoms with Gasteiger partial charge in [-0.3, -0.25) is 4.79 Å². The number of primary amides is 1. The minimum atomic E-state index is -0.639. The van der Waals surface area contributed by atoms with E-state index in [0.717, 1.165) is 16.7 Å². The minimum absolute atomic E-state index is 0.346. The van der Waals surface area contributed by atoms with E-state index in [0.29, 0.717) is 17.5 Å². The molecule has 1 amide bonds. The molecule has 0 spiro atoms. The van der Waals surface area contributed by atoms with E-state index in [1.165, 1.54) is 0 Å². The highest BCUT2D eigenvalue weighted by Crippen LogP contribution is 2.23. The van der Waals surface area contributed by atoms with Gasteiger partial charge in [0.15, 0.2) is 0 Å². The van der Waals surface area contributed by atoms with Gasteiger partial charge in [-0.05, 0) is 54.9 Å². The van der Waals surface area contributed by atoms with Crippen LogP contribution in [-0.4, -0.2) is 34.5 Å². The number of nitrogens with zero attached hydrogens (tertiary/aromatic N) is 1. The molecule has 1 aromatic carbocycles. The Kier molecular flexibility index (Phi) is 8.02. The van der Waals surface area contributed by atoms with Crippen LogP contribution in [0.2, 0.25) is 0 Å². The van der Waals surface area contributed by atoms with E-state index >= 15 is 0 Å². The molecule has 3 N–H and O–H groups in total. The summed E-state index contributed by atoms with van der Waals surface area (Å²) in [5.41, 5.74) is 7.06. The molecule has 0 radical (unpaired) electrons. The smallest absolute Gasteiger partial charge is 0.273 e. The first kappa shape index (κ1) is 18.5. The monoisotopic (exact) mass is 316 g/mol. The summed E-state index contributed by atoms with van der Waals surface area (Å²) in [7, 11) is 3.69. The first-order valence-electron chi connectivity index (χ1n) is 5.76. The molecule has 0 fully saturated rings. The summed E-state index contributed by atoms with van der Waals surface area (Å²) in [5.74, 6) is 0.346. The zero-order chi connectivity index (χ0) is 15.9. The predicted molar refractivity (Wildman–Crippen MR) is 87.2 cm³/mol. The normalized spacial score (nSPS) is 9.25. The number of aromatic hydroxyl groups is 1. The summed E-state index contributed by atoms with van der Waals surface area (Å²) in [6.07, 6.45) is 0. The van der Waals surface area contributed by atoms with Crippen molar-refractivity contribution in [2.24, 2.45) is 5.73 Å². The van der Waals surface area contributed by atoms with Gasteiger partial charge in [0.05, 0.1) is 0 Å². The molecule has 112 valence electrons. The van der Waals surface area contributed by atoms with E-state index in [1.54, 1.807) is 4.90 Å². The quantitative estimate of drug-likeness (QED) is 0.577. The van der Waals surface area contributed by atoms with Gasteiger partial charge in [0.1, 0.15) is 12.4 Å². The van der Waals surface area contributed by atoms with Gasteiger partial charge in [-0.15, -0.1) is 0 Å². The lowest BCUT2D eigenvalue weighted by atomic mass is 10.1. The van der Waals surface area contributed by atoms with Crippen LogP contribution in [-0.2, 0) is 11.3 Å². The van der Waals surface area contributed by atoms with Crippen LogP contribution in [0.3, 0.4) is 0 Å². The molecular formula is C13H20N2O3S2. The fourth-order valence-corrected chi connectivity index (χ4v) is 1.46. The fraction of sp³-hybridized carbons (Fsp3) is 0.385. The average Bonchev–Trinajstić information content (AvgIpc) is 2.31. The van der Waals surface area contributed by atoms with Crippen molar-refractivity contribution in [3.63, 3.8) is 0 Å². The van der Waals surface area contributed by atoms with Gasteiger partial charge in [-0.2, -0.15) is 0 Å². The number of hydrogen-bond donors (Lipinski definition) is 3. The molecule has 0 heterocycles. The Bertz CT molecular complexity index is 463. The first-order chi connectivity index (χ1) is 9.15. The van der Waals surface area contributed by atoms with Crippen molar-refractivity contribution in [2.75, 3.05) is 14.1 Å². The van der Waals surface area contributed by atoms with Crippen LogP contribution < -0.4 is 5.73 Å². The maximum absolute atomic E-state index is 9.62. The molecule has 1 rings (SSSR count). The molecule has 20 heavy (non-hydrogen) atoms. The van der Waals surface area contributed by atoms with Gasteiger partial charge in [-0.25, -0.2) is 0 Å². The van der Waals surface area contributed by atoms with Gasteiger partial charge in [0.25, 0.3) is 10.4 Å². The Morgan fingerprint density at radius 1 is 1.40 bits per heavy atom. The second-order valence-electron chi connectivity index (χ2n) is 4.37. The van der Waals surface area contributed by atoms with Crippen molar-refractivity contribution in [1.82, 2.24) is 4.90 Å². The summed E-state index contributed by atoms with van der Waals surface area (Å²) in [5, 5.41) is 9.44. The van der Waals surface area contributed by atoms with Gasteiger partial charge in [0.2, 0.25) is 0 Å². The molecule has 1 aromatic rings. The van der Waals surface area contributed by atoms with Gasteiger partial charge < -0.3 is 20.5 Å². The molecule has 0 aromatic heterocycles. The number of hydrogen-bond acceptors (Lipinski definition) is 4. The van der Waals surface area contributed by atoms with Crippen LogP contribution >= 0.6 is 24.8 Å². The number of ether oxygens (including phenoxy) is 1. The average molecular weight is 316 g/mol. The van der Waals surface area contributed by atoms with E-state index in [4.69, 9.17) is 21.7 Å². The van der Waals surface area contributed by atoms with Crippen molar-refractivity contribution < 1.29 is 14.6 Å². The Hall–Kier alpha value is -1.47. The van der Waals surface area contributed by atoms with E-state index < -0.39 is 5.24 Å². The van der Waals surface area contributed by atoms with E-state index in [2.05, 4.69) is 18.4 Å². The second kappa shape index (κ2) is 8.65. The highest BCUT2D eigenvalue weighted by Gasteiger charge is 2.05. The number of aryl methyl sites for hydroxylation is 2. The van der Waals surface area contributed by atoms with Crippen LogP contribution in [0.5, 0.6) is 5.75 Å². The largest absolute Gasteiger partial charge is 0.507 e. The van der Waals surface area contributed by atoms with Crippen molar-refractivity contribution in [1.29, 1.82) is 0 Å². The summed E-state index contributed by atoms with van der Waals surface area (Å²) >= 11 is 8.13. The number of phenols is 1. The summed E-state index contributed by atoms with van der Waals surface area (Å²) in [6.45, 7) is 4.17. The molecule has 0 saturated carbocycles. The molecule has 0 aliphatic heterocycles. The molecule has 0 bridgehead atoms. The summed E-state index contributed by atoms with van der Waals surface area (Å²) in [4.78, 5) is 10.8. The number of thiol groups is 1. The molecule has 7 heteroatoms. The minimum Gasteiger partial charge on any atom is -0.507 e. The van der Waals surface area contributed by atoms with Crippen LogP contribution in [0.1, 0.15) is 16.7 Å². The highest BCUT2D eigenvalue weighted by molar-refractivity contribution is 7.96. The lowest BCUT2D eigenvalue weighted by Gasteiger charge is -2.15. The number of nitrogens with two attached hydrogens (primary N) is 1. The molecule has 0 saturated heterocycles. The maximum atomic E-state index is 9.62. The van der Waals surface area contributed by atoms with Crippen LogP contribution in [0.25, 0.3) is 0 Å². The van der Waals surface area contributed by atoms with Crippen molar-refractivity contribution >= 4 is 35.3 Å².